The van der Waals surface area contributed by atoms with Crippen LogP contribution in [0.25, 0.3) is 10.9 Å². The number of H-pyrrole nitrogens is 1. The van der Waals surface area contributed by atoms with Gasteiger partial charge in [-0.15, -0.1) is 0 Å². The summed E-state index contributed by atoms with van der Waals surface area (Å²) in [6, 6.07) is 5.67. The molecule has 26 heavy (non-hydrogen) atoms. The summed E-state index contributed by atoms with van der Waals surface area (Å²) in [4.78, 5) is 26.9. The first kappa shape index (κ1) is 15.8. The van der Waals surface area contributed by atoms with Gasteiger partial charge in [0.15, 0.2) is 0 Å². The summed E-state index contributed by atoms with van der Waals surface area (Å²) in [7, 11) is 0. The number of fused-ring (bicyclic) bond motifs is 2. The Hall–Kier alpha value is -2.41. The second-order valence-electron chi connectivity index (χ2n) is 7.59. The molecule has 0 bridgehead atoms. The van der Waals surface area contributed by atoms with E-state index in [9.17, 15) is 9.59 Å². The Balaban J connectivity index is 1.17. The van der Waals surface area contributed by atoms with Crippen LogP contribution in [0.15, 0.2) is 24.4 Å². The first-order chi connectivity index (χ1) is 12.7. The van der Waals surface area contributed by atoms with E-state index in [4.69, 9.17) is 4.74 Å². The number of hydrogen-bond acceptors (Lipinski definition) is 4. The number of carbonyl (C=O) groups excluding carboxylic acids is 2. The lowest BCUT2D eigenvalue weighted by atomic mass is 10.1. The van der Waals surface area contributed by atoms with E-state index in [1.165, 1.54) is 0 Å². The molecule has 7 heteroatoms. The molecule has 2 amide bonds. The molecule has 2 aromatic rings. The van der Waals surface area contributed by atoms with Gasteiger partial charge in [-0.1, -0.05) is 6.07 Å². The second kappa shape index (κ2) is 6.09. The number of carbonyl (C=O) groups is 2. The fourth-order valence-electron chi connectivity index (χ4n) is 4.56. The maximum absolute atomic E-state index is 12.9. The van der Waals surface area contributed by atoms with E-state index in [-0.39, 0.29) is 17.9 Å². The fourth-order valence-corrected chi connectivity index (χ4v) is 4.56. The van der Waals surface area contributed by atoms with Crippen molar-refractivity contribution in [3.63, 3.8) is 0 Å². The lowest BCUT2D eigenvalue weighted by Gasteiger charge is -2.20. The summed E-state index contributed by atoms with van der Waals surface area (Å²) < 4.78 is 5.41. The Bertz CT molecular complexity index is 845. The van der Waals surface area contributed by atoms with Gasteiger partial charge in [-0.25, -0.2) is 0 Å². The summed E-state index contributed by atoms with van der Waals surface area (Å²) in [5.74, 6) is 1.60. The minimum atomic E-state index is -0.262. The monoisotopic (exact) mass is 354 g/mol. The molecular formula is C19H22N4O3. The molecule has 2 N–H and O–H groups in total. The Labute approximate surface area is 151 Å². The van der Waals surface area contributed by atoms with E-state index < -0.39 is 0 Å². The molecule has 3 atom stereocenters. The zero-order valence-electron chi connectivity index (χ0n) is 14.5. The number of likely N-dealkylation sites (tertiary alicyclic amines) is 1. The average Bonchev–Trinajstić information content (AvgIpc) is 3.21. The van der Waals surface area contributed by atoms with Crippen LogP contribution < -0.4 is 5.32 Å². The van der Waals surface area contributed by atoms with Gasteiger partial charge in [-0.2, -0.15) is 5.10 Å². The molecule has 1 aromatic heterocycles. The van der Waals surface area contributed by atoms with Gasteiger partial charge in [0.05, 0.1) is 17.3 Å². The fraction of sp³-hybridized carbons (Fsp3) is 0.526. The molecule has 0 spiro atoms. The van der Waals surface area contributed by atoms with Gasteiger partial charge in [-0.05, 0) is 42.7 Å². The maximum atomic E-state index is 12.9. The third-order valence-electron chi connectivity index (χ3n) is 6.11. The number of amides is 2. The van der Waals surface area contributed by atoms with Crippen molar-refractivity contribution < 1.29 is 14.3 Å². The summed E-state index contributed by atoms with van der Waals surface area (Å²) in [6.07, 6.45) is 3.24. The average molecular weight is 354 g/mol. The quantitative estimate of drug-likeness (QED) is 0.863. The molecule has 5 rings (SSSR count). The van der Waals surface area contributed by atoms with Crippen molar-refractivity contribution in [2.24, 2.45) is 17.8 Å². The molecule has 7 nitrogen and oxygen atoms in total. The van der Waals surface area contributed by atoms with Crippen LogP contribution >= 0.6 is 0 Å². The lowest BCUT2D eigenvalue weighted by molar-refractivity contribution is -0.130. The Morgan fingerprint density at radius 2 is 2.15 bits per heavy atom. The van der Waals surface area contributed by atoms with Crippen LogP contribution in [0.3, 0.4) is 0 Å². The molecule has 3 unspecified atom stereocenters. The first-order valence-corrected chi connectivity index (χ1v) is 9.33. The predicted molar refractivity (Wildman–Crippen MR) is 94.5 cm³/mol. The van der Waals surface area contributed by atoms with E-state index in [0.29, 0.717) is 36.5 Å². The van der Waals surface area contributed by atoms with Gasteiger partial charge in [0, 0.05) is 31.6 Å². The largest absolute Gasteiger partial charge is 0.368 e. The van der Waals surface area contributed by atoms with Crippen molar-refractivity contribution >= 4 is 22.7 Å². The zero-order valence-corrected chi connectivity index (χ0v) is 14.5. The van der Waals surface area contributed by atoms with Crippen molar-refractivity contribution in [2.45, 2.75) is 18.9 Å². The first-order valence-electron chi connectivity index (χ1n) is 9.33. The third-order valence-corrected chi connectivity index (χ3v) is 6.11. The zero-order chi connectivity index (χ0) is 17.7. The topological polar surface area (TPSA) is 87.3 Å². The molecule has 1 aliphatic carbocycles. The van der Waals surface area contributed by atoms with Gasteiger partial charge < -0.3 is 15.0 Å². The number of piperidine rings is 1. The Morgan fingerprint density at radius 1 is 1.31 bits per heavy atom. The number of nitrogens with one attached hydrogen (secondary N) is 2. The normalized spacial score (nSPS) is 29.8. The van der Waals surface area contributed by atoms with E-state index >= 15 is 0 Å². The predicted octanol–water partition coefficient (Wildman–Crippen LogP) is 1.18. The molecule has 0 radical (unpaired) electrons. The highest BCUT2D eigenvalue weighted by atomic mass is 16.5. The second-order valence-corrected chi connectivity index (χ2v) is 7.59. The number of hydrogen-bond donors (Lipinski definition) is 2. The van der Waals surface area contributed by atoms with Crippen LogP contribution in [0.4, 0.5) is 0 Å². The highest BCUT2D eigenvalue weighted by molar-refractivity contribution is 6.06. The van der Waals surface area contributed by atoms with Gasteiger partial charge in [0.1, 0.15) is 6.10 Å². The van der Waals surface area contributed by atoms with E-state index in [1.54, 1.807) is 6.20 Å². The van der Waals surface area contributed by atoms with Crippen LogP contribution in [0.2, 0.25) is 0 Å². The van der Waals surface area contributed by atoms with Crippen molar-refractivity contribution in [3.05, 3.63) is 30.0 Å². The van der Waals surface area contributed by atoms with Crippen molar-refractivity contribution in [1.29, 1.82) is 0 Å². The van der Waals surface area contributed by atoms with Crippen molar-refractivity contribution in [2.75, 3.05) is 26.2 Å². The van der Waals surface area contributed by atoms with Crippen LogP contribution in [0.5, 0.6) is 0 Å². The number of aromatic nitrogens is 2. The van der Waals surface area contributed by atoms with Crippen LogP contribution in [0, 0.1) is 17.8 Å². The Morgan fingerprint density at radius 3 is 2.92 bits per heavy atom. The van der Waals surface area contributed by atoms with Crippen molar-refractivity contribution in [1.82, 2.24) is 20.4 Å². The molecule has 1 saturated carbocycles. The molecule has 1 aromatic carbocycles. The molecule has 3 fully saturated rings. The third kappa shape index (κ3) is 2.58. The van der Waals surface area contributed by atoms with Gasteiger partial charge in [0.25, 0.3) is 5.91 Å². The number of rotatable bonds is 4. The number of benzene rings is 1. The highest BCUT2D eigenvalue weighted by Gasteiger charge is 2.56. The maximum Gasteiger partial charge on any atom is 0.254 e. The number of ether oxygens (including phenoxy) is 1. The van der Waals surface area contributed by atoms with Gasteiger partial charge in [0.2, 0.25) is 5.91 Å². The van der Waals surface area contributed by atoms with Crippen LogP contribution in [-0.4, -0.2) is 59.3 Å². The van der Waals surface area contributed by atoms with E-state index in [1.807, 2.05) is 23.1 Å². The standard InChI is InChI=1S/C19H22N4O3/c24-18(17-5-2-6-26-17)20-7-12-14-9-23(10-15(12)14)19(25)11-3-1-4-16-13(11)8-21-22-16/h1,3-4,8,12,14-15,17H,2,5-7,9-10H2,(H,20,24)(H,21,22). The summed E-state index contributed by atoms with van der Waals surface area (Å²) in [5.41, 5.74) is 1.59. The lowest BCUT2D eigenvalue weighted by Crippen LogP contribution is -2.37. The minimum absolute atomic E-state index is 0.0204. The molecule has 3 aliphatic rings. The smallest absolute Gasteiger partial charge is 0.254 e. The Kier molecular flexibility index (Phi) is 3.70. The van der Waals surface area contributed by atoms with Gasteiger partial charge in [-0.3, -0.25) is 14.7 Å². The minimum Gasteiger partial charge on any atom is -0.368 e. The van der Waals surface area contributed by atoms with E-state index in [2.05, 4.69) is 15.5 Å². The van der Waals surface area contributed by atoms with Crippen LogP contribution in [-0.2, 0) is 9.53 Å². The SMILES string of the molecule is O=C(NCC1C2CN(C(=O)c3cccc4[nH]ncc34)CC12)C1CCCO1. The molecule has 3 heterocycles. The van der Waals surface area contributed by atoms with E-state index in [0.717, 1.165) is 36.8 Å². The molecule has 136 valence electrons. The van der Waals surface area contributed by atoms with Crippen molar-refractivity contribution in [3.8, 4) is 0 Å². The molecule has 2 saturated heterocycles. The van der Waals surface area contributed by atoms with Gasteiger partial charge >= 0.3 is 0 Å². The molecular weight excluding hydrogens is 332 g/mol. The number of aromatic amines is 1. The highest BCUT2D eigenvalue weighted by Crippen LogP contribution is 2.51. The summed E-state index contributed by atoms with van der Waals surface area (Å²) >= 11 is 0. The molecule has 2 aliphatic heterocycles. The summed E-state index contributed by atoms with van der Waals surface area (Å²) in [6.45, 7) is 2.94. The van der Waals surface area contributed by atoms with Crippen LogP contribution in [0.1, 0.15) is 23.2 Å². The summed E-state index contributed by atoms with van der Waals surface area (Å²) in [5, 5.41) is 10.8. The number of nitrogens with zero attached hydrogens (tertiary/aromatic N) is 2.